The van der Waals surface area contributed by atoms with Crippen molar-refractivity contribution in [2.24, 2.45) is 0 Å². The molecule has 0 radical (unpaired) electrons. The number of halogens is 2. The predicted octanol–water partition coefficient (Wildman–Crippen LogP) is 6.41. The van der Waals surface area contributed by atoms with Crippen LogP contribution >= 0.6 is 23.2 Å². The third kappa shape index (κ3) is 7.24. The lowest BCUT2D eigenvalue weighted by atomic mass is 10.1. The third-order valence-electron chi connectivity index (χ3n) is 7.97. The molecule has 6 rings (SSSR count). The highest BCUT2D eigenvalue weighted by molar-refractivity contribution is 6.35. The molecule has 1 fully saturated rings. The van der Waals surface area contributed by atoms with Crippen LogP contribution < -0.4 is 9.47 Å². The van der Waals surface area contributed by atoms with E-state index in [0.717, 1.165) is 66.5 Å². The Hall–Kier alpha value is -4.12. The quantitative estimate of drug-likeness (QED) is 0.152. The van der Waals surface area contributed by atoms with E-state index < -0.39 is 0 Å². The summed E-state index contributed by atoms with van der Waals surface area (Å²) < 4.78 is 21.5. The van der Waals surface area contributed by atoms with Gasteiger partial charge in [0.25, 0.3) is 0 Å². The molecule has 10 nitrogen and oxygen atoms in total. The van der Waals surface area contributed by atoms with Gasteiger partial charge in [0.1, 0.15) is 30.0 Å². The van der Waals surface area contributed by atoms with Crippen LogP contribution in [0, 0.1) is 0 Å². The Morgan fingerprint density at radius 3 is 2.67 bits per heavy atom. The fraction of sp³-hybridized carbons (Fsp3) is 0.333. The molecule has 1 aliphatic rings. The van der Waals surface area contributed by atoms with Crippen molar-refractivity contribution in [1.29, 1.82) is 0 Å². The number of benzene rings is 2. The van der Waals surface area contributed by atoms with Gasteiger partial charge in [-0.2, -0.15) is 0 Å². The molecular weight excluding hydrogens is 615 g/mol. The fourth-order valence-electron chi connectivity index (χ4n) is 5.57. The summed E-state index contributed by atoms with van der Waals surface area (Å²) in [6.45, 7) is 6.19. The number of fused-ring (bicyclic) bond motifs is 1. The predicted molar refractivity (Wildman–Crippen MR) is 172 cm³/mol. The second kappa shape index (κ2) is 13.9. The zero-order valence-electron chi connectivity index (χ0n) is 25.2. The van der Waals surface area contributed by atoms with E-state index in [9.17, 15) is 4.79 Å². The number of piperidine rings is 1. The van der Waals surface area contributed by atoms with Crippen LogP contribution in [-0.2, 0) is 31.0 Å². The topological polar surface area (TPSA) is 96.5 Å². The summed E-state index contributed by atoms with van der Waals surface area (Å²) in [5, 5.41) is 1.01. The highest BCUT2D eigenvalue weighted by atomic mass is 35.5. The van der Waals surface area contributed by atoms with Crippen LogP contribution in [0.4, 0.5) is 0 Å². The smallest absolute Gasteiger partial charge is 0.337 e. The number of esters is 1. The SMILES string of the molecule is CCn1cncc1Cn1c(CN2CCC(Oc3ccnc(COc4ccc(Cl)cc4Cl)c3)CC2)nc2ccc(C(=O)OC)cc21. The van der Waals surface area contributed by atoms with E-state index in [0.29, 0.717) is 34.4 Å². The molecule has 12 heteroatoms. The molecule has 0 unspecified atom stereocenters. The van der Waals surface area contributed by atoms with Crippen LogP contribution in [0.15, 0.2) is 67.3 Å². The number of aryl methyl sites for hydroxylation is 1. The zero-order valence-corrected chi connectivity index (χ0v) is 26.7. The van der Waals surface area contributed by atoms with Crippen molar-refractivity contribution < 1.29 is 19.0 Å². The van der Waals surface area contributed by atoms with Gasteiger partial charge in [-0.05, 0) is 62.2 Å². The summed E-state index contributed by atoms with van der Waals surface area (Å²) >= 11 is 12.2. The molecule has 0 N–H and O–H groups in total. The number of carbonyl (C=O) groups excluding carboxylic acids is 1. The largest absolute Gasteiger partial charge is 0.490 e. The number of nitrogens with zero attached hydrogens (tertiary/aromatic N) is 6. The molecule has 0 spiro atoms. The molecule has 0 atom stereocenters. The summed E-state index contributed by atoms with van der Waals surface area (Å²) in [6, 6.07) is 14.4. The van der Waals surface area contributed by atoms with Crippen molar-refractivity contribution in [2.75, 3.05) is 20.2 Å². The summed E-state index contributed by atoms with van der Waals surface area (Å²) in [5.74, 6) is 1.89. The van der Waals surface area contributed by atoms with Crippen LogP contribution in [0.25, 0.3) is 11.0 Å². The Morgan fingerprint density at radius 1 is 1.04 bits per heavy atom. The Bertz CT molecular complexity index is 1800. The molecule has 1 aliphatic heterocycles. The standard InChI is InChI=1S/C33H34Cl2N6O4/c1-3-40-21-36-17-25(40)18-41-30-14-22(33(42)43-2)4-6-29(30)38-32(41)19-39-12-9-26(10-13-39)45-27-8-11-37-24(16-27)20-44-31-7-5-23(34)15-28(31)35/h4-8,11,14-17,21,26H,3,9-10,12-13,18-20H2,1-2H3. The first-order valence-corrected chi connectivity index (χ1v) is 15.6. The Balaban J connectivity index is 1.11. The number of hydrogen-bond donors (Lipinski definition) is 0. The Labute approximate surface area is 271 Å². The van der Waals surface area contributed by atoms with Crippen LogP contribution in [0.3, 0.4) is 0 Å². The van der Waals surface area contributed by atoms with E-state index in [2.05, 4.69) is 30.9 Å². The van der Waals surface area contributed by atoms with Crippen LogP contribution in [0.1, 0.15) is 47.3 Å². The molecule has 0 aliphatic carbocycles. The minimum Gasteiger partial charge on any atom is -0.490 e. The second-order valence-electron chi connectivity index (χ2n) is 10.9. The number of aromatic nitrogens is 5. The summed E-state index contributed by atoms with van der Waals surface area (Å²) in [6.07, 6.45) is 7.30. The monoisotopic (exact) mass is 648 g/mol. The molecule has 0 saturated carbocycles. The number of hydrogen-bond acceptors (Lipinski definition) is 8. The van der Waals surface area contributed by atoms with Crippen molar-refractivity contribution >= 4 is 40.2 Å². The van der Waals surface area contributed by atoms with Gasteiger partial charge in [0.15, 0.2) is 0 Å². The number of methoxy groups -OCH3 is 1. The highest BCUT2D eigenvalue weighted by Gasteiger charge is 2.24. The summed E-state index contributed by atoms with van der Waals surface area (Å²) in [4.78, 5) is 28.4. The van der Waals surface area contributed by atoms with Crippen LogP contribution in [-0.4, -0.2) is 61.3 Å². The van der Waals surface area contributed by atoms with Crippen LogP contribution in [0.2, 0.25) is 10.0 Å². The second-order valence-corrected chi connectivity index (χ2v) is 11.8. The number of carbonyl (C=O) groups is 1. The maximum Gasteiger partial charge on any atom is 0.337 e. The van der Waals surface area contributed by atoms with E-state index in [1.54, 1.807) is 30.5 Å². The van der Waals surface area contributed by atoms with Gasteiger partial charge in [-0.25, -0.2) is 14.8 Å². The van der Waals surface area contributed by atoms with Gasteiger partial charge in [-0.3, -0.25) is 9.88 Å². The number of imidazole rings is 2. The van der Waals surface area contributed by atoms with Gasteiger partial charge >= 0.3 is 5.97 Å². The van der Waals surface area contributed by atoms with E-state index in [1.807, 2.05) is 36.8 Å². The van der Waals surface area contributed by atoms with E-state index in [4.69, 9.17) is 42.4 Å². The van der Waals surface area contributed by atoms with Crippen molar-refractivity contribution in [3.05, 3.63) is 100 Å². The van der Waals surface area contributed by atoms with Gasteiger partial charge in [0.2, 0.25) is 0 Å². The van der Waals surface area contributed by atoms with Crippen molar-refractivity contribution in [3.63, 3.8) is 0 Å². The Morgan fingerprint density at radius 2 is 1.89 bits per heavy atom. The first-order valence-electron chi connectivity index (χ1n) is 14.9. The zero-order chi connectivity index (χ0) is 31.3. The van der Waals surface area contributed by atoms with Crippen molar-refractivity contribution in [3.8, 4) is 11.5 Å². The van der Waals surface area contributed by atoms with Crippen LogP contribution in [0.5, 0.6) is 11.5 Å². The minimum absolute atomic E-state index is 0.0865. The Kier molecular flexibility index (Phi) is 9.53. The van der Waals surface area contributed by atoms with Gasteiger partial charge in [-0.1, -0.05) is 23.2 Å². The molecule has 45 heavy (non-hydrogen) atoms. The number of ether oxygens (including phenoxy) is 3. The molecule has 4 heterocycles. The molecule has 2 aromatic carbocycles. The van der Waals surface area contributed by atoms with Crippen molar-refractivity contribution in [2.45, 2.75) is 52.1 Å². The highest BCUT2D eigenvalue weighted by Crippen LogP contribution is 2.29. The lowest BCUT2D eigenvalue weighted by molar-refractivity contribution is 0.0601. The molecule has 234 valence electrons. The minimum atomic E-state index is -0.369. The van der Waals surface area contributed by atoms with Gasteiger partial charge in [0.05, 0.1) is 59.5 Å². The van der Waals surface area contributed by atoms with Gasteiger partial charge < -0.3 is 23.3 Å². The third-order valence-corrected chi connectivity index (χ3v) is 8.50. The van der Waals surface area contributed by atoms with E-state index >= 15 is 0 Å². The molecule has 0 bridgehead atoms. The number of rotatable bonds is 11. The summed E-state index contributed by atoms with van der Waals surface area (Å²) in [7, 11) is 1.39. The summed E-state index contributed by atoms with van der Waals surface area (Å²) in [5.41, 5.74) is 4.06. The first-order chi connectivity index (χ1) is 21.9. The van der Waals surface area contributed by atoms with Gasteiger partial charge in [-0.15, -0.1) is 0 Å². The lowest BCUT2D eigenvalue weighted by Gasteiger charge is -2.32. The average Bonchev–Trinajstić information content (AvgIpc) is 3.65. The van der Waals surface area contributed by atoms with E-state index in [1.165, 1.54) is 7.11 Å². The lowest BCUT2D eigenvalue weighted by Crippen LogP contribution is -2.38. The van der Waals surface area contributed by atoms with E-state index in [-0.39, 0.29) is 18.7 Å². The average molecular weight is 650 g/mol. The maximum absolute atomic E-state index is 12.3. The van der Waals surface area contributed by atoms with Gasteiger partial charge in [0, 0.05) is 43.1 Å². The molecule has 5 aromatic rings. The molecule has 0 amide bonds. The normalized spacial score (nSPS) is 14.1. The fourth-order valence-corrected chi connectivity index (χ4v) is 6.03. The molecule has 3 aromatic heterocycles. The number of likely N-dealkylation sites (tertiary alicyclic amines) is 1. The number of pyridine rings is 1. The molecular formula is C33H34Cl2N6O4. The maximum atomic E-state index is 12.3. The first kappa shape index (κ1) is 30.9. The van der Waals surface area contributed by atoms with Crippen molar-refractivity contribution in [1.82, 2.24) is 29.0 Å². The molecule has 1 saturated heterocycles.